The van der Waals surface area contributed by atoms with Crippen LogP contribution < -0.4 is 4.72 Å². The summed E-state index contributed by atoms with van der Waals surface area (Å²) in [6.07, 6.45) is 6.08. The number of hydrogen-bond acceptors (Lipinski definition) is 3. The van der Waals surface area contributed by atoms with Crippen molar-refractivity contribution in [3.63, 3.8) is 0 Å². The molecule has 24 heavy (non-hydrogen) atoms. The van der Waals surface area contributed by atoms with Crippen LogP contribution in [0.4, 0.5) is 4.39 Å². The average molecular weight is 352 g/mol. The predicted octanol–water partition coefficient (Wildman–Crippen LogP) is 1.97. The summed E-state index contributed by atoms with van der Waals surface area (Å²) in [6.45, 7) is 1.01. The van der Waals surface area contributed by atoms with Gasteiger partial charge in [0.2, 0.25) is 0 Å². The Balaban J connectivity index is 1.95. The van der Waals surface area contributed by atoms with Gasteiger partial charge >= 0.3 is 0 Å². The second kappa shape index (κ2) is 7.00. The van der Waals surface area contributed by atoms with Gasteiger partial charge in [-0.3, -0.25) is 0 Å². The van der Waals surface area contributed by atoms with Crippen molar-refractivity contribution < 1.29 is 12.8 Å². The second-order valence-corrected chi connectivity index (χ2v) is 7.67. The molecule has 2 aromatic rings. The minimum absolute atomic E-state index is 0.413. The van der Waals surface area contributed by atoms with E-state index in [1.807, 2.05) is 0 Å². The van der Waals surface area contributed by atoms with Crippen LogP contribution in [0.2, 0.25) is 0 Å². The van der Waals surface area contributed by atoms with Crippen molar-refractivity contribution in [1.82, 2.24) is 18.6 Å². The first-order chi connectivity index (χ1) is 11.5. The van der Waals surface area contributed by atoms with E-state index in [0.717, 1.165) is 19.3 Å². The second-order valence-electron chi connectivity index (χ2n) is 5.97. The van der Waals surface area contributed by atoms with E-state index in [-0.39, 0.29) is 0 Å². The van der Waals surface area contributed by atoms with Gasteiger partial charge in [-0.25, -0.2) is 9.37 Å². The fraction of sp³-hybridized carbons (Fsp3) is 0.438. The van der Waals surface area contributed by atoms with Gasteiger partial charge in [0, 0.05) is 32.5 Å². The molecule has 130 valence electrons. The first kappa shape index (κ1) is 17.1. The monoisotopic (exact) mass is 352 g/mol. The topological polar surface area (TPSA) is 67.2 Å². The van der Waals surface area contributed by atoms with E-state index < -0.39 is 22.1 Å². The molecule has 1 aromatic heterocycles. The molecule has 0 unspecified atom stereocenters. The number of halogens is 1. The highest BCUT2D eigenvalue weighted by Gasteiger charge is 2.30. The molecule has 1 fully saturated rings. The number of piperidine rings is 1. The number of nitrogens with zero attached hydrogens (tertiary/aromatic N) is 3. The molecular weight excluding hydrogens is 331 g/mol. The van der Waals surface area contributed by atoms with Gasteiger partial charge in [0.05, 0.1) is 0 Å². The van der Waals surface area contributed by atoms with E-state index in [0.29, 0.717) is 24.5 Å². The summed E-state index contributed by atoms with van der Waals surface area (Å²) in [5.74, 6) is 0.102. The third-order valence-corrected chi connectivity index (χ3v) is 5.80. The molecule has 1 aliphatic heterocycles. The largest absolute Gasteiger partial charge is 0.336 e. The van der Waals surface area contributed by atoms with Crippen LogP contribution in [0.25, 0.3) is 0 Å². The number of aryl methyl sites for hydroxylation is 1. The molecule has 0 amide bonds. The lowest BCUT2D eigenvalue weighted by atomic mass is 10.1. The van der Waals surface area contributed by atoms with Crippen LogP contribution in [0.1, 0.15) is 36.7 Å². The Bertz CT molecular complexity index is 800. The molecule has 1 aliphatic rings. The lowest BCUT2D eigenvalue weighted by Crippen LogP contribution is -2.45. The van der Waals surface area contributed by atoms with Gasteiger partial charge < -0.3 is 4.57 Å². The Kier molecular flexibility index (Phi) is 4.98. The number of hydrogen-bond donors (Lipinski definition) is 1. The summed E-state index contributed by atoms with van der Waals surface area (Å²) in [5, 5.41) is 0. The van der Waals surface area contributed by atoms with Crippen LogP contribution in [0.5, 0.6) is 0 Å². The van der Waals surface area contributed by atoms with Gasteiger partial charge in [0.25, 0.3) is 10.2 Å². The van der Waals surface area contributed by atoms with Crippen molar-refractivity contribution in [2.45, 2.75) is 25.3 Å². The summed E-state index contributed by atoms with van der Waals surface area (Å²) in [7, 11) is -1.90. The minimum Gasteiger partial charge on any atom is -0.336 e. The number of nitrogens with one attached hydrogen (secondary N) is 1. The zero-order chi connectivity index (χ0) is 17.2. The van der Waals surface area contributed by atoms with E-state index in [4.69, 9.17) is 0 Å². The molecule has 2 heterocycles. The predicted molar refractivity (Wildman–Crippen MR) is 88.9 cm³/mol. The maximum absolute atomic E-state index is 13.6. The maximum atomic E-state index is 13.6. The molecule has 6 nitrogen and oxygen atoms in total. The maximum Gasteiger partial charge on any atom is 0.280 e. The zero-order valence-corrected chi connectivity index (χ0v) is 14.3. The van der Waals surface area contributed by atoms with E-state index in [1.165, 1.54) is 16.4 Å². The summed E-state index contributed by atoms with van der Waals surface area (Å²) >= 11 is 0. The Hall–Kier alpha value is -1.77. The van der Waals surface area contributed by atoms with E-state index in [9.17, 15) is 12.8 Å². The van der Waals surface area contributed by atoms with Gasteiger partial charge in [0.1, 0.15) is 17.7 Å². The average Bonchev–Trinajstić information content (AvgIpc) is 2.99. The fourth-order valence-electron chi connectivity index (χ4n) is 2.94. The number of imidazole rings is 1. The Labute approximate surface area is 141 Å². The Morgan fingerprint density at radius 1 is 1.25 bits per heavy atom. The van der Waals surface area contributed by atoms with Gasteiger partial charge in [0.15, 0.2) is 0 Å². The Morgan fingerprint density at radius 3 is 2.62 bits per heavy atom. The van der Waals surface area contributed by atoms with Crippen molar-refractivity contribution in [2.75, 3.05) is 13.1 Å². The highest BCUT2D eigenvalue weighted by atomic mass is 32.2. The fourth-order valence-corrected chi connectivity index (χ4v) is 4.37. The van der Waals surface area contributed by atoms with Crippen LogP contribution in [-0.2, 0) is 17.3 Å². The lowest BCUT2D eigenvalue weighted by molar-refractivity contribution is 0.339. The molecule has 1 atom stereocenters. The summed E-state index contributed by atoms with van der Waals surface area (Å²) in [4.78, 5) is 4.25. The molecular formula is C16H21FN4O2S. The molecule has 0 bridgehead atoms. The molecule has 1 aromatic carbocycles. The van der Waals surface area contributed by atoms with Crippen molar-refractivity contribution in [3.8, 4) is 0 Å². The highest BCUT2D eigenvalue weighted by Crippen LogP contribution is 2.23. The van der Waals surface area contributed by atoms with Crippen LogP contribution in [0.15, 0.2) is 36.7 Å². The molecule has 1 saturated heterocycles. The lowest BCUT2D eigenvalue weighted by Gasteiger charge is -2.28. The molecule has 1 N–H and O–H groups in total. The van der Waals surface area contributed by atoms with E-state index in [2.05, 4.69) is 9.71 Å². The first-order valence-corrected chi connectivity index (χ1v) is 9.41. The molecule has 0 spiro atoms. The molecule has 0 saturated carbocycles. The minimum atomic E-state index is -3.68. The molecule has 3 rings (SSSR count). The quantitative estimate of drug-likeness (QED) is 0.895. The zero-order valence-electron chi connectivity index (χ0n) is 13.5. The van der Waals surface area contributed by atoms with E-state index in [1.54, 1.807) is 36.1 Å². The first-order valence-electron chi connectivity index (χ1n) is 7.97. The van der Waals surface area contributed by atoms with Crippen LogP contribution in [-0.4, -0.2) is 35.4 Å². The Morgan fingerprint density at radius 2 is 2.00 bits per heavy atom. The molecule has 8 heteroatoms. The van der Waals surface area contributed by atoms with Crippen molar-refractivity contribution in [3.05, 3.63) is 53.9 Å². The highest BCUT2D eigenvalue weighted by molar-refractivity contribution is 7.87. The van der Waals surface area contributed by atoms with Crippen LogP contribution >= 0.6 is 0 Å². The molecule has 0 radical (unpaired) electrons. The smallest absolute Gasteiger partial charge is 0.280 e. The standard InChI is InChI=1S/C16H21FN4O2S/c1-20-11-8-18-16(20)15(13-6-5-7-14(17)12-13)19-24(22,23)21-9-3-2-4-10-21/h5-8,11-12,15,19H,2-4,9-10H2,1H3/t15-/m0/s1. The summed E-state index contributed by atoms with van der Waals surface area (Å²) in [6, 6.07) is 5.18. The van der Waals surface area contributed by atoms with Gasteiger partial charge in [-0.15, -0.1) is 0 Å². The van der Waals surface area contributed by atoms with Crippen LogP contribution in [0.3, 0.4) is 0 Å². The van der Waals surface area contributed by atoms with Crippen LogP contribution in [0, 0.1) is 5.82 Å². The number of rotatable bonds is 5. The van der Waals surface area contributed by atoms with Gasteiger partial charge in [-0.1, -0.05) is 18.6 Å². The van der Waals surface area contributed by atoms with Crippen molar-refractivity contribution in [2.24, 2.45) is 7.05 Å². The number of aromatic nitrogens is 2. The van der Waals surface area contributed by atoms with Gasteiger partial charge in [-0.05, 0) is 30.5 Å². The molecule has 0 aliphatic carbocycles. The van der Waals surface area contributed by atoms with Crippen molar-refractivity contribution >= 4 is 10.2 Å². The van der Waals surface area contributed by atoms with E-state index >= 15 is 0 Å². The third kappa shape index (κ3) is 3.66. The van der Waals surface area contributed by atoms with Crippen molar-refractivity contribution in [1.29, 1.82) is 0 Å². The summed E-state index contributed by atoms with van der Waals surface area (Å²) < 4.78 is 45.0. The SMILES string of the molecule is Cn1ccnc1[C@@H](NS(=O)(=O)N1CCCCC1)c1cccc(F)c1. The number of benzene rings is 1. The third-order valence-electron chi connectivity index (χ3n) is 4.22. The normalized spacial score (nSPS) is 17.8. The van der Waals surface area contributed by atoms with Gasteiger partial charge in [-0.2, -0.15) is 17.4 Å². The summed E-state index contributed by atoms with van der Waals surface area (Å²) in [5.41, 5.74) is 0.518.